The Morgan fingerprint density at radius 2 is 1.61 bits per heavy atom. The van der Waals surface area contributed by atoms with Crippen LogP contribution >= 0.6 is 0 Å². The maximum absolute atomic E-state index is 13.0. The molecule has 3 rings (SSSR count). The minimum Gasteiger partial charge on any atom is -0.484 e. The molecule has 10 nitrogen and oxygen atoms in total. The third-order valence-corrected chi connectivity index (χ3v) is 6.32. The van der Waals surface area contributed by atoms with Crippen molar-refractivity contribution in [3.63, 3.8) is 0 Å². The fourth-order valence-electron chi connectivity index (χ4n) is 3.45. The lowest BCUT2D eigenvalue weighted by Crippen LogP contribution is -2.42. The first kappa shape index (κ1) is 28.4. The van der Waals surface area contributed by atoms with Gasteiger partial charge in [0.15, 0.2) is 6.61 Å². The van der Waals surface area contributed by atoms with Crippen molar-refractivity contribution in [1.29, 1.82) is 0 Å². The average molecular weight is 541 g/mol. The van der Waals surface area contributed by atoms with Crippen LogP contribution in [0.5, 0.6) is 5.75 Å². The number of benzene rings is 3. The van der Waals surface area contributed by atoms with Crippen molar-refractivity contribution in [2.75, 3.05) is 18.6 Å². The van der Waals surface area contributed by atoms with Crippen LogP contribution in [0, 0.1) is 0 Å². The number of nitrogens with one attached hydrogen (secondary N) is 2. The number of hydrogen-bond donors (Lipinski definition) is 3. The summed E-state index contributed by atoms with van der Waals surface area (Å²) in [6.45, 7) is -0.156. The number of hydroxylamine groups is 1. The third kappa shape index (κ3) is 9.02. The van der Waals surface area contributed by atoms with E-state index >= 15 is 0 Å². The van der Waals surface area contributed by atoms with Crippen LogP contribution in [-0.4, -0.2) is 56.0 Å². The second-order valence-corrected chi connectivity index (χ2v) is 10.7. The van der Waals surface area contributed by atoms with Crippen molar-refractivity contribution in [2.24, 2.45) is 0 Å². The zero-order chi connectivity index (χ0) is 27.5. The van der Waals surface area contributed by atoms with E-state index in [2.05, 4.69) is 10.8 Å². The number of carboxylic acid groups (broad SMARTS) is 1. The van der Waals surface area contributed by atoms with Gasteiger partial charge in [0, 0.05) is 11.8 Å². The van der Waals surface area contributed by atoms with Crippen molar-refractivity contribution in [2.45, 2.75) is 19.1 Å². The molecular weight excluding hydrogens is 512 g/mol. The number of amides is 2. The Labute approximate surface area is 220 Å². The van der Waals surface area contributed by atoms with Crippen LogP contribution in [-0.2, 0) is 30.9 Å². The zero-order valence-corrected chi connectivity index (χ0v) is 21.4. The van der Waals surface area contributed by atoms with Crippen LogP contribution in [0.25, 0.3) is 11.1 Å². The molecule has 0 heterocycles. The summed E-state index contributed by atoms with van der Waals surface area (Å²) in [6, 6.07) is 21.3. The van der Waals surface area contributed by atoms with Gasteiger partial charge in [-0.3, -0.25) is 14.4 Å². The van der Waals surface area contributed by atoms with Crippen molar-refractivity contribution in [3.05, 3.63) is 90.0 Å². The fraction of sp³-hybridized carbons (Fsp3) is 0.222. The van der Waals surface area contributed by atoms with Crippen LogP contribution in [0.15, 0.2) is 78.9 Å². The van der Waals surface area contributed by atoms with Gasteiger partial charge in [-0.2, -0.15) is 0 Å². The lowest BCUT2D eigenvalue weighted by atomic mass is 9.98. The Balaban J connectivity index is 1.70. The number of rotatable bonds is 13. The Bertz CT molecular complexity index is 1360. The summed E-state index contributed by atoms with van der Waals surface area (Å²) in [4.78, 5) is 42.0. The quantitative estimate of drug-likeness (QED) is 0.280. The first-order valence-electron chi connectivity index (χ1n) is 11.6. The van der Waals surface area contributed by atoms with Crippen molar-refractivity contribution < 1.29 is 37.5 Å². The number of carboxylic acids is 1. The standard InChI is InChI=1S/C27H28N2O8S/c1-38(34,35)15-14-24(27(32)33)28-26(31)22-13-12-21(16-23(22)20-10-6-3-7-11-20)36-18-25(30)29-37-17-19-8-4-2-5-9-19/h2-13,16,24H,14-15,17-18H2,1H3,(H,28,31)(H,29,30)(H,32,33)/t24-/m0/s1. The van der Waals surface area contributed by atoms with Crippen LogP contribution in [0.1, 0.15) is 22.3 Å². The summed E-state index contributed by atoms with van der Waals surface area (Å²) in [6.07, 6.45) is 0.721. The average Bonchev–Trinajstić information content (AvgIpc) is 2.90. The maximum Gasteiger partial charge on any atom is 0.326 e. The molecule has 0 aliphatic carbocycles. The number of sulfone groups is 1. The highest BCUT2D eigenvalue weighted by molar-refractivity contribution is 7.90. The number of carbonyl (C=O) groups excluding carboxylic acids is 2. The van der Waals surface area contributed by atoms with Gasteiger partial charge in [-0.05, 0) is 41.3 Å². The van der Waals surface area contributed by atoms with E-state index < -0.39 is 33.7 Å². The topological polar surface area (TPSA) is 148 Å². The minimum atomic E-state index is -3.42. The van der Waals surface area contributed by atoms with Gasteiger partial charge in [-0.25, -0.2) is 18.7 Å². The Hall–Kier alpha value is -4.22. The number of carbonyl (C=O) groups is 3. The SMILES string of the molecule is CS(=O)(=O)CC[C@H](NC(=O)c1ccc(OCC(=O)NOCc2ccccc2)cc1-c1ccccc1)C(=O)O. The largest absolute Gasteiger partial charge is 0.484 e. The van der Waals surface area contributed by atoms with Gasteiger partial charge < -0.3 is 15.2 Å². The molecule has 1 atom stereocenters. The molecule has 200 valence electrons. The van der Waals surface area contributed by atoms with E-state index in [9.17, 15) is 27.9 Å². The van der Waals surface area contributed by atoms with E-state index in [1.165, 1.54) is 12.1 Å². The summed E-state index contributed by atoms with van der Waals surface area (Å²) < 4.78 is 28.5. The second-order valence-electron chi connectivity index (χ2n) is 8.44. The van der Waals surface area contributed by atoms with E-state index in [0.29, 0.717) is 16.9 Å². The Morgan fingerprint density at radius 3 is 2.24 bits per heavy atom. The van der Waals surface area contributed by atoms with Gasteiger partial charge in [0.2, 0.25) is 0 Å². The molecule has 38 heavy (non-hydrogen) atoms. The molecule has 0 radical (unpaired) electrons. The van der Waals surface area contributed by atoms with Crippen molar-refractivity contribution in [1.82, 2.24) is 10.8 Å². The molecule has 3 aromatic carbocycles. The summed E-state index contributed by atoms with van der Waals surface area (Å²) in [7, 11) is -3.42. The maximum atomic E-state index is 13.0. The van der Waals surface area contributed by atoms with E-state index in [4.69, 9.17) is 9.57 Å². The van der Waals surface area contributed by atoms with Gasteiger partial charge in [0.05, 0.1) is 12.4 Å². The Morgan fingerprint density at radius 1 is 0.947 bits per heavy atom. The smallest absolute Gasteiger partial charge is 0.326 e. The molecule has 2 amide bonds. The summed E-state index contributed by atoms with van der Waals surface area (Å²) in [5.74, 6) is -2.64. The third-order valence-electron chi connectivity index (χ3n) is 5.34. The van der Waals surface area contributed by atoms with Crippen LogP contribution < -0.4 is 15.5 Å². The van der Waals surface area contributed by atoms with E-state index in [-0.39, 0.29) is 31.0 Å². The molecule has 0 unspecified atom stereocenters. The predicted molar refractivity (Wildman–Crippen MR) is 140 cm³/mol. The molecular formula is C27H28N2O8S. The number of aliphatic carboxylic acids is 1. The predicted octanol–water partition coefficient (Wildman–Crippen LogP) is 2.60. The zero-order valence-electron chi connectivity index (χ0n) is 20.6. The molecule has 11 heteroatoms. The van der Waals surface area contributed by atoms with Gasteiger partial charge in [-0.15, -0.1) is 0 Å². The molecule has 0 spiro atoms. The van der Waals surface area contributed by atoms with Crippen LogP contribution in [0.3, 0.4) is 0 Å². The summed E-state index contributed by atoms with van der Waals surface area (Å²) in [5, 5.41) is 11.9. The normalized spacial score (nSPS) is 11.8. The van der Waals surface area contributed by atoms with Gasteiger partial charge >= 0.3 is 5.97 Å². The van der Waals surface area contributed by atoms with Gasteiger partial charge in [0.25, 0.3) is 11.8 Å². The van der Waals surface area contributed by atoms with E-state index in [1.807, 2.05) is 30.3 Å². The van der Waals surface area contributed by atoms with Crippen LogP contribution in [0.4, 0.5) is 0 Å². The first-order chi connectivity index (χ1) is 18.1. The molecule has 0 fully saturated rings. The van der Waals surface area contributed by atoms with Gasteiger partial charge in [-0.1, -0.05) is 60.7 Å². The number of ether oxygens (including phenoxy) is 1. The van der Waals surface area contributed by atoms with E-state index in [0.717, 1.165) is 11.8 Å². The van der Waals surface area contributed by atoms with Crippen LogP contribution in [0.2, 0.25) is 0 Å². The molecule has 0 saturated carbocycles. The summed E-state index contributed by atoms with van der Waals surface area (Å²) in [5.41, 5.74) is 4.44. The first-order valence-corrected chi connectivity index (χ1v) is 13.7. The Kier molecular flexibility index (Phi) is 9.97. The molecule has 0 saturated heterocycles. The highest BCUT2D eigenvalue weighted by atomic mass is 32.2. The lowest BCUT2D eigenvalue weighted by molar-refractivity contribution is -0.139. The molecule has 0 aliphatic rings. The van der Waals surface area contributed by atoms with E-state index in [1.54, 1.807) is 36.4 Å². The monoisotopic (exact) mass is 540 g/mol. The highest BCUT2D eigenvalue weighted by Crippen LogP contribution is 2.28. The highest BCUT2D eigenvalue weighted by Gasteiger charge is 2.24. The van der Waals surface area contributed by atoms with Crippen molar-refractivity contribution in [3.8, 4) is 16.9 Å². The molecule has 0 aliphatic heterocycles. The van der Waals surface area contributed by atoms with Gasteiger partial charge in [0.1, 0.15) is 21.6 Å². The second kappa shape index (κ2) is 13.4. The summed E-state index contributed by atoms with van der Waals surface area (Å²) >= 11 is 0. The molecule has 0 aromatic heterocycles. The molecule has 0 bridgehead atoms. The lowest BCUT2D eigenvalue weighted by Gasteiger charge is -2.17. The molecule has 3 aromatic rings. The van der Waals surface area contributed by atoms with Crippen molar-refractivity contribution >= 4 is 27.6 Å². The molecule has 3 N–H and O–H groups in total. The minimum absolute atomic E-state index is 0.157. The number of hydrogen-bond acceptors (Lipinski definition) is 7. The fourth-order valence-corrected chi connectivity index (χ4v) is 4.11.